The first-order valence-electron chi connectivity index (χ1n) is 17.8. The van der Waals surface area contributed by atoms with Crippen LogP contribution in [0.15, 0.2) is 18.2 Å². The summed E-state index contributed by atoms with van der Waals surface area (Å²) in [5, 5.41) is 7.16. The van der Waals surface area contributed by atoms with Crippen LogP contribution in [0.2, 0.25) is 5.02 Å². The van der Waals surface area contributed by atoms with Crippen LogP contribution in [-0.2, 0) is 19.1 Å². The average Bonchev–Trinajstić information content (AvgIpc) is 3.43. The molecule has 1 aromatic carbocycles. The first-order valence-corrected chi connectivity index (χ1v) is 18.2. The average molecular weight is 715 g/mol. The first-order chi connectivity index (χ1) is 23.8. The third kappa shape index (κ3) is 8.48. The van der Waals surface area contributed by atoms with E-state index < -0.39 is 41.5 Å². The smallest absolute Gasteiger partial charge is 0.408 e. The molecule has 6 rings (SSSR count). The van der Waals surface area contributed by atoms with Crippen molar-refractivity contribution in [2.75, 3.05) is 51.3 Å². The summed E-state index contributed by atoms with van der Waals surface area (Å²) in [5.41, 5.74) is 5.68. The summed E-state index contributed by atoms with van der Waals surface area (Å²) in [6.45, 7) is 14.1. The monoisotopic (exact) mass is 714 g/mol. The molecule has 0 bridgehead atoms. The van der Waals surface area contributed by atoms with Crippen LogP contribution >= 0.6 is 11.6 Å². The molecule has 2 aliphatic carbocycles. The number of benzene rings is 1. The van der Waals surface area contributed by atoms with E-state index in [0.29, 0.717) is 64.9 Å². The Morgan fingerprint density at radius 3 is 2.44 bits per heavy atom. The minimum absolute atomic E-state index is 0.0752. The Balaban J connectivity index is 1.19. The molecule has 50 heavy (non-hydrogen) atoms. The topological polar surface area (TPSA) is 158 Å². The van der Waals surface area contributed by atoms with Gasteiger partial charge >= 0.3 is 6.09 Å². The van der Waals surface area contributed by atoms with E-state index in [2.05, 4.69) is 15.5 Å². The number of carbonyl (C=O) groups is 3. The molecule has 4 N–H and O–H groups in total. The Labute approximate surface area is 298 Å². The fraction of sp³-hybridized carbons (Fsp3) is 0.667. The molecule has 2 aromatic rings. The molecule has 3 heterocycles. The SMILES string of the molecule is CC(C)Nc1cc(OC2C[C@@H](C(N)=O)N(C(=O)[C@@H](NC(=O)OC3C[C@@H]4C[C@@H]4C3)C(C)(C)C)C2)c2ccc(OCCN3CCOCC3)c(Cl)c2n1. The van der Waals surface area contributed by atoms with E-state index in [4.69, 9.17) is 41.3 Å². The van der Waals surface area contributed by atoms with Gasteiger partial charge < -0.3 is 40.2 Å². The largest absolute Gasteiger partial charge is 0.491 e. The normalized spacial score (nSPS) is 25.7. The number of fused-ring (bicyclic) bond motifs is 2. The molecular formula is C36H51ClN6O7. The molecule has 0 radical (unpaired) electrons. The third-order valence-electron chi connectivity index (χ3n) is 10.1. The van der Waals surface area contributed by atoms with E-state index in [1.165, 1.54) is 11.3 Å². The summed E-state index contributed by atoms with van der Waals surface area (Å²) in [4.78, 5) is 48.3. The van der Waals surface area contributed by atoms with Crippen LogP contribution in [0.5, 0.6) is 11.5 Å². The zero-order chi connectivity index (χ0) is 35.7. The number of hydrogen-bond donors (Lipinski definition) is 3. The number of pyridine rings is 1. The van der Waals surface area contributed by atoms with Gasteiger partial charge in [0.05, 0.1) is 25.3 Å². The minimum atomic E-state index is -0.949. The lowest BCUT2D eigenvalue weighted by Crippen LogP contribution is -2.57. The molecule has 2 saturated heterocycles. The van der Waals surface area contributed by atoms with Gasteiger partial charge in [-0.05, 0) is 62.5 Å². The summed E-state index contributed by atoms with van der Waals surface area (Å²) in [6, 6.07) is 3.66. The molecular weight excluding hydrogens is 664 g/mol. The Bertz CT molecular complexity index is 1570. The Kier molecular flexibility index (Phi) is 10.9. The van der Waals surface area contributed by atoms with E-state index >= 15 is 0 Å². The lowest BCUT2D eigenvalue weighted by molar-refractivity contribution is -0.141. The standard InChI is InChI=1S/C36H51ClN6O7/c1-20(2)39-29-18-28(25-6-7-27(30(37)31(25)40-29)48-13-10-42-8-11-47-12-9-42)49-24-17-26(33(38)44)43(19-24)34(45)32(36(3,4)5)41-35(46)50-23-15-21-14-22(21)16-23/h6-7,18,20-24,26,32H,8-17,19H2,1-5H3,(H2,38,44)(H,39,40)(H,41,46)/t21-,22+,23?,24?,26-,32+/m0/s1. The van der Waals surface area contributed by atoms with Crippen molar-refractivity contribution in [3.05, 3.63) is 23.2 Å². The molecule has 3 amide bonds. The Morgan fingerprint density at radius 2 is 1.78 bits per heavy atom. The number of hydrogen-bond acceptors (Lipinski definition) is 10. The number of nitrogens with two attached hydrogens (primary N) is 1. The van der Waals surface area contributed by atoms with E-state index in [1.54, 1.807) is 12.1 Å². The Hall–Kier alpha value is -3.55. The lowest BCUT2D eigenvalue weighted by Gasteiger charge is -2.35. The summed E-state index contributed by atoms with van der Waals surface area (Å²) in [7, 11) is 0. The summed E-state index contributed by atoms with van der Waals surface area (Å²) < 4.78 is 23.8. The predicted octanol–water partition coefficient (Wildman–Crippen LogP) is 4.19. The number of amides is 3. The predicted molar refractivity (Wildman–Crippen MR) is 189 cm³/mol. The van der Waals surface area contributed by atoms with E-state index in [-0.39, 0.29) is 25.1 Å². The van der Waals surface area contributed by atoms with E-state index in [9.17, 15) is 14.4 Å². The minimum Gasteiger partial charge on any atom is -0.491 e. The van der Waals surface area contributed by atoms with Crippen LogP contribution in [0.4, 0.5) is 10.6 Å². The van der Waals surface area contributed by atoms with Crippen molar-refractivity contribution in [3.63, 3.8) is 0 Å². The number of halogens is 1. The van der Waals surface area contributed by atoms with Gasteiger partial charge in [-0.15, -0.1) is 0 Å². The molecule has 0 spiro atoms. The number of nitrogens with one attached hydrogen (secondary N) is 2. The fourth-order valence-corrected chi connectivity index (χ4v) is 7.61. The van der Waals surface area contributed by atoms with E-state index in [0.717, 1.165) is 32.5 Å². The van der Waals surface area contributed by atoms with Crippen molar-refractivity contribution in [3.8, 4) is 11.5 Å². The van der Waals surface area contributed by atoms with Crippen LogP contribution in [-0.4, -0.2) is 109 Å². The number of nitrogens with zero attached hydrogens (tertiary/aromatic N) is 3. The molecule has 2 unspecified atom stereocenters. The van der Waals surface area contributed by atoms with Crippen molar-refractivity contribution in [2.45, 2.75) is 90.6 Å². The van der Waals surface area contributed by atoms with Crippen LogP contribution in [0.25, 0.3) is 10.9 Å². The molecule has 274 valence electrons. The van der Waals surface area contributed by atoms with Gasteiger partial charge in [0.2, 0.25) is 11.8 Å². The van der Waals surface area contributed by atoms with Crippen LogP contribution in [0.1, 0.15) is 60.3 Å². The van der Waals surface area contributed by atoms with Gasteiger partial charge in [-0.2, -0.15) is 0 Å². The zero-order valence-corrected chi connectivity index (χ0v) is 30.5. The van der Waals surface area contributed by atoms with Crippen LogP contribution < -0.4 is 25.8 Å². The number of rotatable bonds is 12. The maximum absolute atomic E-state index is 14.1. The molecule has 6 atom stereocenters. The molecule has 4 aliphatic rings. The lowest BCUT2D eigenvalue weighted by atomic mass is 9.85. The van der Waals surface area contributed by atoms with Gasteiger partial charge in [-0.25, -0.2) is 9.78 Å². The maximum Gasteiger partial charge on any atom is 0.408 e. The molecule has 2 aliphatic heterocycles. The number of anilines is 1. The molecule has 13 nitrogen and oxygen atoms in total. The molecule has 1 aromatic heterocycles. The zero-order valence-electron chi connectivity index (χ0n) is 29.7. The molecule has 4 fully saturated rings. The second-order valence-corrected chi connectivity index (χ2v) is 15.8. The quantitative estimate of drug-likeness (QED) is 0.291. The van der Waals surface area contributed by atoms with Crippen molar-refractivity contribution < 1.29 is 33.3 Å². The maximum atomic E-state index is 14.1. The third-order valence-corrected chi connectivity index (χ3v) is 10.4. The summed E-state index contributed by atoms with van der Waals surface area (Å²) >= 11 is 6.91. The number of aromatic nitrogens is 1. The van der Waals surface area contributed by atoms with E-state index in [1.807, 2.05) is 40.7 Å². The number of primary amides is 1. The van der Waals surface area contributed by atoms with Gasteiger partial charge in [0.1, 0.15) is 53.2 Å². The Morgan fingerprint density at radius 1 is 1.06 bits per heavy atom. The number of alkyl carbamates (subject to hydrolysis) is 1. The number of carbonyl (C=O) groups excluding carboxylic acids is 3. The highest BCUT2D eigenvalue weighted by Crippen LogP contribution is 2.52. The summed E-state index contributed by atoms with van der Waals surface area (Å²) in [5.74, 6) is 1.81. The van der Waals surface area contributed by atoms with Gasteiger partial charge in [-0.3, -0.25) is 14.5 Å². The van der Waals surface area contributed by atoms with Crippen LogP contribution in [0.3, 0.4) is 0 Å². The van der Waals surface area contributed by atoms with Crippen molar-refractivity contribution >= 4 is 46.2 Å². The van der Waals surface area contributed by atoms with Gasteiger partial charge in [0.25, 0.3) is 0 Å². The highest BCUT2D eigenvalue weighted by atomic mass is 35.5. The second kappa shape index (κ2) is 15.0. The molecule has 14 heteroatoms. The second-order valence-electron chi connectivity index (χ2n) is 15.5. The van der Waals surface area contributed by atoms with Gasteiger partial charge in [-0.1, -0.05) is 32.4 Å². The van der Waals surface area contributed by atoms with Gasteiger partial charge in [0.15, 0.2) is 0 Å². The van der Waals surface area contributed by atoms with Crippen molar-refractivity contribution in [2.24, 2.45) is 23.0 Å². The van der Waals surface area contributed by atoms with Crippen molar-refractivity contribution in [1.82, 2.24) is 20.1 Å². The van der Waals surface area contributed by atoms with Crippen molar-refractivity contribution in [1.29, 1.82) is 0 Å². The van der Waals surface area contributed by atoms with Crippen LogP contribution in [0, 0.1) is 17.3 Å². The number of likely N-dealkylation sites (tertiary alicyclic amines) is 1. The fourth-order valence-electron chi connectivity index (χ4n) is 7.35. The molecule has 2 saturated carbocycles. The number of ether oxygens (including phenoxy) is 4. The van der Waals surface area contributed by atoms with Gasteiger partial charge in [0, 0.05) is 43.5 Å². The number of morpholine rings is 1. The first kappa shape index (κ1) is 36.2. The highest BCUT2D eigenvalue weighted by Gasteiger charge is 2.48. The highest BCUT2D eigenvalue weighted by molar-refractivity contribution is 6.36. The summed E-state index contributed by atoms with van der Waals surface area (Å²) in [6.07, 6.45) is 1.80.